The third-order valence-corrected chi connectivity index (χ3v) is 6.84. The van der Waals surface area contributed by atoms with Crippen LogP contribution < -0.4 is 5.32 Å². The molecular weight excluding hydrogens is 470 g/mol. The zero-order valence-electron chi connectivity index (χ0n) is 18.4. The first-order valence-electron chi connectivity index (χ1n) is 10.9. The quantitative estimate of drug-likeness (QED) is 0.470. The van der Waals surface area contributed by atoms with Gasteiger partial charge in [-0.15, -0.1) is 0 Å². The predicted molar refractivity (Wildman–Crippen MR) is 130 cm³/mol. The van der Waals surface area contributed by atoms with Crippen LogP contribution in [0.25, 0.3) is 10.9 Å². The van der Waals surface area contributed by atoms with Crippen molar-refractivity contribution in [3.8, 4) is 0 Å². The number of hydrogen-bond donors (Lipinski definition) is 2. The maximum atomic E-state index is 13.1. The zero-order valence-corrected chi connectivity index (χ0v) is 19.9. The smallest absolute Gasteiger partial charge is 0.356 e. The number of hydrogen-bond acceptors (Lipinski definition) is 4. The van der Waals surface area contributed by atoms with E-state index in [2.05, 4.69) is 55.4 Å². The number of anilines is 1. The van der Waals surface area contributed by atoms with Crippen molar-refractivity contribution in [2.75, 3.05) is 25.5 Å². The first-order valence-corrected chi connectivity index (χ1v) is 11.7. The van der Waals surface area contributed by atoms with Gasteiger partial charge in [0.25, 0.3) is 0 Å². The summed E-state index contributed by atoms with van der Waals surface area (Å²) >= 11 is 3.47. The number of ether oxygens (including phenoxy) is 1. The number of rotatable bonds is 6. The van der Waals surface area contributed by atoms with Crippen LogP contribution in [0, 0.1) is 5.92 Å². The van der Waals surface area contributed by atoms with Gasteiger partial charge in [0, 0.05) is 15.4 Å². The summed E-state index contributed by atoms with van der Waals surface area (Å²) in [5.74, 6) is 0.000320. The van der Waals surface area contributed by atoms with Crippen molar-refractivity contribution in [1.29, 1.82) is 0 Å². The Balaban J connectivity index is 1.43. The lowest BCUT2D eigenvalue weighted by Gasteiger charge is -2.35. The lowest BCUT2D eigenvalue weighted by Crippen LogP contribution is -2.46. The number of aromatic amines is 1. The van der Waals surface area contributed by atoms with Gasteiger partial charge in [-0.25, -0.2) is 4.79 Å². The van der Waals surface area contributed by atoms with E-state index >= 15 is 0 Å². The Hall–Kier alpha value is -2.64. The number of carbonyl (C=O) groups excluding carboxylic acids is 2. The summed E-state index contributed by atoms with van der Waals surface area (Å²) in [5.41, 5.74) is 2.85. The highest BCUT2D eigenvalue weighted by Crippen LogP contribution is 2.31. The van der Waals surface area contributed by atoms with Crippen molar-refractivity contribution in [2.45, 2.75) is 32.2 Å². The molecular formula is C25H28BrN3O3. The topological polar surface area (TPSA) is 74.4 Å². The van der Waals surface area contributed by atoms with Gasteiger partial charge in [-0.05, 0) is 69.0 Å². The molecule has 6 nitrogen and oxygen atoms in total. The molecule has 0 saturated carbocycles. The second-order valence-corrected chi connectivity index (χ2v) is 9.31. The molecule has 168 valence electrons. The number of H-pyrrole nitrogens is 1. The number of nitrogens with zero attached hydrogens (tertiary/aromatic N) is 1. The number of esters is 1. The van der Waals surface area contributed by atoms with Crippen LogP contribution in [-0.4, -0.2) is 48.0 Å². The van der Waals surface area contributed by atoms with Crippen molar-refractivity contribution < 1.29 is 14.3 Å². The van der Waals surface area contributed by atoms with Gasteiger partial charge in [0.15, 0.2) is 0 Å². The van der Waals surface area contributed by atoms with E-state index in [0.29, 0.717) is 11.6 Å². The van der Waals surface area contributed by atoms with Crippen molar-refractivity contribution >= 4 is 44.4 Å². The molecule has 1 amide bonds. The van der Waals surface area contributed by atoms with Gasteiger partial charge in [-0.3, -0.25) is 9.69 Å². The minimum Gasteiger partial charge on any atom is -0.464 e. The normalized spacial score (nSPS) is 16.1. The van der Waals surface area contributed by atoms with Crippen molar-refractivity contribution in [1.82, 2.24) is 9.88 Å². The Bertz CT molecular complexity index is 1100. The molecule has 0 unspecified atom stereocenters. The lowest BCUT2D eigenvalue weighted by molar-refractivity contribution is -0.121. The number of nitrogens with one attached hydrogen (secondary N) is 2. The number of aromatic nitrogens is 1. The standard InChI is InChI=1S/C25H28BrN3O3/c1-16(29-12-10-18(11-13-29)14-17-6-4-3-5-7-17)24(30)28-22-20-15-19(26)8-9-21(20)27-23(22)25(31)32-2/h3-9,15-16,18,27H,10-14H2,1-2H3,(H,28,30)/t16-/m1/s1. The van der Waals surface area contributed by atoms with Crippen LogP contribution in [0.15, 0.2) is 53.0 Å². The number of carbonyl (C=O) groups is 2. The molecule has 32 heavy (non-hydrogen) atoms. The fraction of sp³-hybridized carbons (Fsp3) is 0.360. The van der Waals surface area contributed by atoms with E-state index < -0.39 is 5.97 Å². The number of fused-ring (bicyclic) bond motifs is 1. The van der Waals surface area contributed by atoms with E-state index in [-0.39, 0.29) is 17.6 Å². The van der Waals surface area contributed by atoms with Crippen LogP contribution in [0.1, 0.15) is 35.8 Å². The molecule has 7 heteroatoms. The Kier molecular flexibility index (Phi) is 6.96. The van der Waals surface area contributed by atoms with Crippen LogP contribution in [0.4, 0.5) is 5.69 Å². The van der Waals surface area contributed by atoms with Gasteiger partial charge in [0.1, 0.15) is 5.69 Å². The molecule has 1 aliphatic heterocycles. The molecule has 1 fully saturated rings. The molecule has 0 radical (unpaired) electrons. The van der Waals surface area contributed by atoms with Gasteiger partial charge in [0.2, 0.25) is 5.91 Å². The van der Waals surface area contributed by atoms with E-state index in [1.54, 1.807) is 0 Å². The molecule has 2 N–H and O–H groups in total. The maximum absolute atomic E-state index is 13.1. The fourth-order valence-corrected chi connectivity index (χ4v) is 4.80. The van der Waals surface area contributed by atoms with Crippen LogP contribution >= 0.6 is 15.9 Å². The Morgan fingerprint density at radius 3 is 2.59 bits per heavy atom. The second kappa shape index (κ2) is 9.88. The maximum Gasteiger partial charge on any atom is 0.356 e. The molecule has 1 saturated heterocycles. The number of piperidine rings is 1. The fourth-order valence-electron chi connectivity index (χ4n) is 4.43. The molecule has 0 aliphatic carbocycles. The largest absolute Gasteiger partial charge is 0.464 e. The first kappa shape index (κ1) is 22.6. The van der Waals surface area contributed by atoms with Gasteiger partial charge in [-0.1, -0.05) is 46.3 Å². The molecule has 2 aromatic carbocycles. The Labute approximate surface area is 196 Å². The summed E-state index contributed by atoms with van der Waals surface area (Å²) < 4.78 is 5.78. The van der Waals surface area contributed by atoms with Gasteiger partial charge >= 0.3 is 5.97 Å². The van der Waals surface area contributed by atoms with E-state index in [0.717, 1.165) is 47.7 Å². The van der Waals surface area contributed by atoms with Gasteiger partial charge in [-0.2, -0.15) is 0 Å². The second-order valence-electron chi connectivity index (χ2n) is 8.39. The van der Waals surface area contributed by atoms with Crippen molar-refractivity contribution in [3.05, 3.63) is 64.3 Å². The van der Waals surface area contributed by atoms with Crippen LogP contribution in [0.3, 0.4) is 0 Å². The van der Waals surface area contributed by atoms with Crippen molar-refractivity contribution in [2.24, 2.45) is 5.92 Å². The molecule has 1 aliphatic rings. The zero-order chi connectivity index (χ0) is 22.7. The first-order chi connectivity index (χ1) is 15.5. The monoisotopic (exact) mass is 497 g/mol. The molecule has 3 aromatic rings. The number of amides is 1. The molecule has 4 rings (SSSR count). The van der Waals surface area contributed by atoms with Gasteiger partial charge < -0.3 is 15.0 Å². The number of likely N-dealkylation sites (tertiary alicyclic amines) is 1. The summed E-state index contributed by atoms with van der Waals surface area (Å²) in [6.07, 6.45) is 3.22. The Morgan fingerprint density at radius 2 is 1.91 bits per heavy atom. The minimum atomic E-state index is -0.512. The van der Waals surface area contributed by atoms with Crippen LogP contribution in [0.5, 0.6) is 0 Å². The SMILES string of the molecule is COC(=O)c1[nH]c2ccc(Br)cc2c1NC(=O)[C@@H](C)N1CCC(Cc2ccccc2)CC1. The number of halogens is 1. The number of benzene rings is 2. The molecule has 2 heterocycles. The van der Waals surface area contributed by atoms with E-state index in [4.69, 9.17) is 4.74 Å². The molecule has 1 aromatic heterocycles. The molecule has 1 atom stereocenters. The lowest BCUT2D eigenvalue weighted by atomic mass is 9.89. The van der Waals surface area contributed by atoms with Crippen LogP contribution in [-0.2, 0) is 16.0 Å². The average molecular weight is 498 g/mol. The predicted octanol–water partition coefficient (Wildman–Crippen LogP) is 5.00. The summed E-state index contributed by atoms with van der Waals surface area (Å²) in [5, 5.41) is 3.76. The van der Waals surface area contributed by atoms with E-state index in [1.165, 1.54) is 12.7 Å². The third-order valence-electron chi connectivity index (χ3n) is 6.34. The summed E-state index contributed by atoms with van der Waals surface area (Å²) in [6.45, 7) is 3.69. The highest BCUT2D eigenvalue weighted by atomic mass is 79.9. The number of methoxy groups -OCH3 is 1. The summed E-state index contributed by atoms with van der Waals surface area (Å²) in [7, 11) is 1.33. The minimum absolute atomic E-state index is 0.127. The highest BCUT2D eigenvalue weighted by Gasteiger charge is 2.28. The van der Waals surface area contributed by atoms with E-state index in [1.807, 2.05) is 31.2 Å². The molecule has 0 spiro atoms. The summed E-state index contributed by atoms with van der Waals surface area (Å²) in [4.78, 5) is 30.7. The van der Waals surface area contributed by atoms with Crippen LogP contribution in [0.2, 0.25) is 0 Å². The average Bonchev–Trinajstić information content (AvgIpc) is 3.16. The Morgan fingerprint density at radius 1 is 1.19 bits per heavy atom. The molecule has 0 bridgehead atoms. The third kappa shape index (κ3) is 4.89. The van der Waals surface area contributed by atoms with Gasteiger partial charge in [0.05, 0.1) is 18.8 Å². The summed E-state index contributed by atoms with van der Waals surface area (Å²) in [6, 6.07) is 15.9. The van der Waals surface area contributed by atoms with Crippen molar-refractivity contribution in [3.63, 3.8) is 0 Å². The van der Waals surface area contributed by atoms with E-state index in [9.17, 15) is 9.59 Å². The highest BCUT2D eigenvalue weighted by molar-refractivity contribution is 9.10.